The fourth-order valence-corrected chi connectivity index (χ4v) is 3.22. The Labute approximate surface area is 143 Å². The molecule has 4 rings (SSSR count). The lowest BCUT2D eigenvalue weighted by Crippen LogP contribution is -2.02. The summed E-state index contributed by atoms with van der Waals surface area (Å²) < 4.78 is 5.28. The average Bonchev–Trinajstić information content (AvgIpc) is 3.17. The zero-order valence-electron chi connectivity index (χ0n) is 13.7. The summed E-state index contributed by atoms with van der Waals surface area (Å²) in [6.07, 6.45) is 3.57. The maximum atomic E-state index is 11.9. The molecule has 0 aliphatic heterocycles. The van der Waals surface area contributed by atoms with Crippen molar-refractivity contribution in [3.63, 3.8) is 0 Å². The molecule has 0 bridgehead atoms. The monoisotopic (exact) mass is 333 g/mol. The molecule has 25 heavy (non-hydrogen) atoms. The minimum Gasteiger partial charge on any atom is -0.478 e. The van der Waals surface area contributed by atoms with E-state index in [4.69, 9.17) is 4.52 Å². The number of H-pyrrole nitrogens is 1. The van der Waals surface area contributed by atoms with Crippen LogP contribution < -0.4 is 0 Å². The summed E-state index contributed by atoms with van der Waals surface area (Å²) in [5, 5.41) is 13.7. The van der Waals surface area contributed by atoms with Crippen LogP contribution in [0.3, 0.4) is 0 Å². The number of hydrogen-bond donors (Lipinski definition) is 2. The van der Waals surface area contributed by atoms with Crippen molar-refractivity contribution in [3.8, 4) is 22.3 Å². The summed E-state index contributed by atoms with van der Waals surface area (Å²) in [7, 11) is 0. The molecule has 6 nitrogen and oxygen atoms in total. The van der Waals surface area contributed by atoms with Crippen molar-refractivity contribution in [1.82, 2.24) is 15.1 Å². The highest BCUT2D eigenvalue weighted by Gasteiger charge is 2.24. The van der Waals surface area contributed by atoms with Crippen LogP contribution in [0.1, 0.15) is 21.8 Å². The molecule has 0 saturated carbocycles. The highest BCUT2D eigenvalue weighted by molar-refractivity contribution is 6.05. The number of hydrogen-bond acceptors (Lipinski definition) is 4. The molecule has 0 amide bonds. The molecule has 6 heteroatoms. The van der Waals surface area contributed by atoms with E-state index in [-0.39, 0.29) is 5.56 Å². The van der Waals surface area contributed by atoms with E-state index in [1.54, 1.807) is 25.3 Å². The van der Waals surface area contributed by atoms with Gasteiger partial charge in [-0.2, -0.15) is 0 Å². The van der Waals surface area contributed by atoms with Gasteiger partial charge in [0, 0.05) is 29.1 Å². The molecule has 4 aromatic rings. The molecule has 0 unspecified atom stereocenters. The number of nitrogens with zero attached hydrogens (tertiary/aromatic N) is 2. The molecule has 0 aliphatic rings. The molecule has 1 aromatic carbocycles. The van der Waals surface area contributed by atoms with Crippen LogP contribution >= 0.6 is 0 Å². The quantitative estimate of drug-likeness (QED) is 0.586. The van der Waals surface area contributed by atoms with E-state index in [9.17, 15) is 9.90 Å². The van der Waals surface area contributed by atoms with Crippen LogP contribution in [0.25, 0.3) is 33.3 Å². The number of aromatic nitrogens is 3. The Bertz CT molecular complexity index is 1090. The number of aromatic carboxylic acids is 1. The Balaban J connectivity index is 2.11. The third-order valence-electron chi connectivity index (χ3n) is 4.30. The smallest absolute Gasteiger partial charge is 0.336 e. The van der Waals surface area contributed by atoms with Gasteiger partial charge in [0.2, 0.25) is 0 Å². The molecule has 0 fully saturated rings. The third kappa shape index (κ3) is 2.30. The van der Waals surface area contributed by atoms with Gasteiger partial charge in [-0.05, 0) is 37.6 Å². The Morgan fingerprint density at radius 3 is 2.68 bits per heavy atom. The average molecular weight is 333 g/mol. The maximum absolute atomic E-state index is 11.9. The molecular formula is C19H15N3O3. The van der Waals surface area contributed by atoms with E-state index >= 15 is 0 Å². The number of carboxylic acids is 1. The second-order valence-electron chi connectivity index (χ2n) is 5.83. The molecule has 0 aliphatic carbocycles. The molecule has 0 atom stereocenters. The van der Waals surface area contributed by atoms with Crippen LogP contribution in [-0.2, 0) is 0 Å². The first-order valence-corrected chi connectivity index (χ1v) is 7.80. The predicted octanol–water partition coefficient (Wildman–Crippen LogP) is 4.20. The Morgan fingerprint density at radius 2 is 1.96 bits per heavy atom. The van der Waals surface area contributed by atoms with Gasteiger partial charge in [-0.25, -0.2) is 4.79 Å². The van der Waals surface area contributed by atoms with Gasteiger partial charge in [0.15, 0.2) is 0 Å². The van der Waals surface area contributed by atoms with Gasteiger partial charge in [0.25, 0.3) is 0 Å². The molecule has 3 heterocycles. The summed E-state index contributed by atoms with van der Waals surface area (Å²) >= 11 is 0. The highest BCUT2D eigenvalue weighted by Crippen LogP contribution is 2.40. The Hall–Kier alpha value is -3.41. The first-order chi connectivity index (χ1) is 12.1. The van der Waals surface area contributed by atoms with Crippen molar-refractivity contribution in [2.45, 2.75) is 13.8 Å². The van der Waals surface area contributed by atoms with E-state index in [0.29, 0.717) is 22.6 Å². The number of carboxylic acid groups (broad SMARTS) is 1. The summed E-state index contributed by atoms with van der Waals surface area (Å²) in [5.74, 6) is -0.412. The van der Waals surface area contributed by atoms with Gasteiger partial charge in [0.1, 0.15) is 5.76 Å². The van der Waals surface area contributed by atoms with Crippen molar-refractivity contribution in [1.29, 1.82) is 0 Å². The number of nitrogens with one attached hydrogen (secondary N) is 1. The van der Waals surface area contributed by atoms with Crippen LogP contribution in [0.5, 0.6) is 0 Å². The van der Waals surface area contributed by atoms with Crippen molar-refractivity contribution in [2.24, 2.45) is 0 Å². The normalized spacial score (nSPS) is 11.1. The van der Waals surface area contributed by atoms with E-state index in [1.807, 2.05) is 31.3 Å². The Kier molecular flexibility index (Phi) is 3.39. The molecule has 0 radical (unpaired) electrons. The third-order valence-corrected chi connectivity index (χ3v) is 4.30. The van der Waals surface area contributed by atoms with Crippen LogP contribution in [0, 0.1) is 13.8 Å². The first kappa shape index (κ1) is 15.1. The largest absolute Gasteiger partial charge is 0.478 e. The van der Waals surface area contributed by atoms with Gasteiger partial charge < -0.3 is 14.6 Å². The first-order valence-electron chi connectivity index (χ1n) is 7.80. The van der Waals surface area contributed by atoms with Gasteiger partial charge >= 0.3 is 5.97 Å². The number of pyridine rings is 1. The fraction of sp³-hybridized carbons (Fsp3) is 0.105. The minimum absolute atomic E-state index is 0.206. The van der Waals surface area contributed by atoms with Gasteiger partial charge in [-0.3, -0.25) is 4.98 Å². The van der Waals surface area contributed by atoms with Gasteiger partial charge in [0.05, 0.1) is 22.3 Å². The molecule has 0 spiro atoms. The SMILES string of the molecule is Cc1noc(C)c1-c1c(C(=O)O)cccc1-c1c[nH]c2cccnc12. The van der Waals surface area contributed by atoms with E-state index < -0.39 is 5.97 Å². The summed E-state index contributed by atoms with van der Waals surface area (Å²) in [5.41, 5.74) is 5.46. The van der Waals surface area contributed by atoms with Crippen LogP contribution in [0.15, 0.2) is 47.2 Å². The zero-order chi connectivity index (χ0) is 17.6. The number of aromatic amines is 1. The second-order valence-corrected chi connectivity index (χ2v) is 5.83. The highest BCUT2D eigenvalue weighted by atomic mass is 16.5. The lowest BCUT2D eigenvalue weighted by molar-refractivity contribution is 0.0698. The lowest BCUT2D eigenvalue weighted by atomic mass is 9.90. The van der Waals surface area contributed by atoms with Crippen LogP contribution in [0.2, 0.25) is 0 Å². The molecule has 0 saturated heterocycles. The van der Waals surface area contributed by atoms with Crippen LogP contribution in [-0.4, -0.2) is 26.2 Å². The van der Waals surface area contributed by atoms with Crippen molar-refractivity contribution >= 4 is 17.0 Å². The summed E-state index contributed by atoms with van der Waals surface area (Å²) in [6, 6.07) is 9.01. The van der Waals surface area contributed by atoms with E-state index in [2.05, 4.69) is 15.1 Å². The number of carbonyl (C=O) groups is 1. The van der Waals surface area contributed by atoms with Crippen molar-refractivity contribution in [3.05, 3.63) is 59.7 Å². The fourth-order valence-electron chi connectivity index (χ4n) is 3.22. The topological polar surface area (TPSA) is 92.0 Å². The molecule has 3 aromatic heterocycles. The second kappa shape index (κ2) is 5.59. The zero-order valence-corrected chi connectivity index (χ0v) is 13.7. The van der Waals surface area contributed by atoms with E-state index in [1.165, 1.54) is 0 Å². The maximum Gasteiger partial charge on any atom is 0.336 e. The van der Waals surface area contributed by atoms with Crippen molar-refractivity contribution in [2.75, 3.05) is 0 Å². The summed E-state index contributed by atoms with van der Waals surface area (Å²) in [4.78, 5) is 19.5. The molecule has 2 N–H and O–H groups in total. The number of rotatable bonds is 3. The number of aryl methyl sites for hydroxylation is 2. The Morgan fingerprint density at radius 1 is 1.12 bits per heavy atom. The number of benzene rings is 1. The van der Waals surface area contributed by atoms with Crippen molar-refractivity contribution < 1.29 is 14.4 Å². The molecular weight excluding hydrogens is 318 g/mol. The summed E-state index contributed by atoms with van der Waals surface area (Å²) in [6.45, 7) is 3.59. The van der Waals surface area contributed by atoms with Gasteiger partial charge in [-0.15, -0.1) is 0 Å². The minimum atomic E-state index is -0.996. The van der Waals surface area contributed by atoms with Gasteiger partial charge in [-0.1, -0.05) is 17.3 Å². The standard InChI is InChI=1S/C19H15N3O3/c1-10-16(11(2)25-22-10)17-12(5-3-6-13(17)19(23)24)14-9-21-15-7-4-8-20-18(14)15/h3-9,21H,1-2H3,(H,23,24). The van der Waals surface area contributed by atoms with Crippen LogP contribution in [0.4, 0.5) is 0 Å². The van der Waals surface area contributed by atoms with E-state index in [0.717, 1.165) is 22.2 Å². The number of fused-ring (bicyclic) bond motifs is 1. The lowest BCUT2D eigenvalue weighted by Gasteiger charge is -2.12. The predicted molar refractivity (Wildman–Crippen MR) is 93.5 cm³/mol. The molecule has 124 valence electrons.